The van der Waals surface area contributed by atoms with Gasteiger partial charge in [0.2, 0.25) is 16.8 Å². The minimum absolute atomic E-state index is 0.0364. The number of carbonyl (C=O) groups excluding carboxylic acids is 1. The van der Waals surface area contributed by atoms with Gasteiger partial charge in [-0.05, 0) is 42.2 Å². The SMILES string of the molecule is CC(C)CN(C[C@@H](O)[C@H](Cc1ccccc1)NC(O)[C@@H]1CN(c2ccccc2C(F)(F)F)C(=O)O1)S(=O)(=O)c1ccc2c(c1)OCO2. The molecule has 5 rings (SSSR count). The fourth-order valence-corrected chi connectivity index (χ4v) is 7.13. The van der Waals surface area contributed by atoms with Crippen LogP contribution in [0, 0.1) is 5.92 Å². The lowest BCUT2D eigenvalue weighted by atomic mass is 10.00. The normalized spacial score (nSPS) is 18.4. The van der Waals surface area contributed by atoms with Gasteiger partial charge in [-0.3, -0.25) is 10.2 Å². The van der Waals surface area contributed by atoms with Gasteiger partial charge in [-0.15, -0.1) is 0 Å². The molecule has 4 atom stereocenters. The predicted molar refractivity (Wildman–Crippen MR) is 164 cm³/mol. The quantitative estimate of drug-likeness (QED) is 0.229. The first kappa shape index (κ1) is 34.4. The van der Waals surface area contributed by atoms with Crippen molar-refractivity contribution in [3.63, 3.8) is 0 Å². The molecule has 0 radical (unpaired) electrons. The van der Waals surface area contributed by atoms with E-state index < -0.39 is 64.6 Å². The van der Waals surface area contributed by atoms with E-state index in [-0.39, 0.29) is 42.9 Å². The number of alkyl halides is 3. The molecule has 2 heterocycles. The van der Waals surface area contributed by atoms with Crippen LogP contribution in [0.15, 0.2) is 77.7 Å². The van der Waals surface area contributed by atoms with Crippen LogP contribution in [0.25, 0.3) is 0 Å². The molecule has 47 heavy (non-hydrogen) atoms. The number of nitrogens with one attached hydrogen (secondary N) is 1. The van der Waals surface area contributed by atoms with E-state index in [1.807, 2.05) is 13.8 Å². The Morgan fingerprint density at radius 1 is 0.979 bits per heavy atom. The van der Waals surface area contributed by atoms with E-state index in [4.69, 9.17) is 14.2 Å². The molecule has 0 aromatic heterocycles. The van der Waals surface area contributed by atoms with Gasteiger partial charge in [0.25, 0.3) is 0 Å². The first-order chi connectivity index (χ1) is 22.2. The summed E-state index contributed by atoms with van der Waals surface area (Å²) in [5.74, 6) is 0.565. The number of ether oxygens (including phenoxy) is 3. The van der Waals surface area contributed by atoms with Crippen LogP contribution >= 0.6 is 0 Å². The summed E-state index contributed by atoms with van der Waals surface area (Å²) in [6, 6.07) is 16.7. The van der Waals surface area contributed by atoms with Gasteiger partial charge in [0, 0.05) is 25.2 Å². The number of fused-ring (bicyclic) bond motifs is 1. The topological polar surface area (TPSA) is 138 Å². The lowest BCUT2D eigenvalue weighted by Crippen LogP contribution is -2.55. The lowest BCUT2D eigenvalue weighted by molar-refractivity contribution is -0.137. The van der Waals surface area contributed by atoms with Crippen LogP contribution in [0.3, 0.4) is 0 Å². The summed E-state index contributed by atoms with van der Waals surface area (Å²) in [5.41, 5.74) is -0.709. The molecule has 0 spiro atoms. The third-order valence-corrected chi connectivity index (χ3v) is 9.60. The first-order valence-corrected chi connectivity index (χ1v) is 16.4. The molecule has 1 fully saturated rings. The van der Waals surface area contributed by atoms with Crippen molar-refractivity contribution in [2.45, 2.75) is 55.8 Å². The van der Waals surface area contributed by atoms with Crippen molar-refractivity contribution in [1.82, 2.24) is 9.62 Å². The van der Waals surface area contributed by atoms with Crippen molar-refractivity contribution in [2.24, 2.45) is 5.92 Å². The van der Waals surface area contributed by atoms with E-state index in [0.29, 0.717) is 5.75 Å². The van der Waals surface area contributed by atoms with Gasteiger partial charge < -0.3 is 24.4 Å². The molecule has 254 valence electrons. The smallest absolute Gasteiger partial charge is 0.418 e. The van der Waals surface area contributed by atoms with Crippen LogP contribution in [0.5, 0.6) is 11.5 Å². The Kier molecular flexibility index (Phi) is 10.3. The molecule has 3 aromatic carbocycles. The Hall–Kier alpha value is -3.89. The summed E-state index contributed by atoms with van der Waals surface area (Å²) in [7, 11) is -4.15. The number of amides is 1. The number of aliphatic hydroxyl groups is 2. The second-order valence-corrected chi connectivity index (χ2v) is 13.7. The summed E-state index contributed by atoms with van der Waals surface area (Å²) in [6.45, 7) is 2.89. The number of benzene rings is 3. The van der Waals surface area contributed by atoms with Gasteiger partial charge >= 0.3 is 12.3 Å². The van der Waals surface area contributed by atoms with E-state index in [2.05, 4.69) is 5.32 Å². The van der Waals surface area contributed by atoms with E-state index in [1.54, 1.807) is 30.3 Å². The summed E-state index contributed by atoms with van der Waals surface area (Å²) < 4.78 is 85.7. The Morgan fingerprint density at radius 2 is 1.66 bits per heavy atom. The minimum Gasteiger partial charge on any atom is -0.454 e. The first-order valence-electron chi connectivity index (χ1n) is 14.9. The zero-order chi connectivity index (χ0) is 33.9. The van der Waals surface area contributed by atoms with Crippen LogP contribution in [0.1, 0.15) is 25.0 Å². The lowest BCUT2D eigenvalue weighted by Gasteiger charge is -2.32. The number of carbonyl (C=O) groups is 1. The zero-order valence-corrected chi connectivity index (χ0v) is 26.4. The van der Waals surface area contributed by atoms with Gasteiger partial charge in [-0.2, -0.15) is 17.5 Å². The number of sulfonamides is 1. The second kappa shape index (κ2) is 14.1. The molecule has 1 saturated heterocycles. The highest BCUT2D eigenvalue weighted by Gasteiger charge is 2.43. The number of hydrogen-bond donors (Lipinski definition) is 3. The van der Waals surface area contributed by atoms with Gasteiger partial charge in [0.15, 0.2) is 17.6 Å². The fraction of sp³-hybridized carbons (Fsp3) is 0.406. The Morgan fingerprint density at radius 3 is 2.36 bits per heavy atom. The fourth-order valence-electron chi connectivity index (χ4n) is 5.50. The van der Waals surface area contributed by atoms with Crippen molar-refractivity contribution < 1.29 is 50.8 Å². The molecule has 0 saturated carbocycles. The number of halogens is 3. The number of aliphatic hydroxyl groups excluding tert-OH is 2. The molecule has 2 aliphatic heterocycles. The summed E-state index contributed by atoms with van der Waals surface area (Å²) in [4.78, 5) is 13.4. The molecular weight excluding hydrogens is 643 g/mol. The van der Waals surface area contributed by atoms with Crippen LogP contribution in [-0.4, -0.2) is 79.9 Å². The van der Waals surface area contributed by atoms with E-state index in [0.717, 1.165) is 26.9 Å². The number of cyclic esters (lactones) is 1. The third kappa shape index (κ3) is 7.99. The average Bonchev–Trinajstić information content (AvgIpc) is 3.66. The molecular formula is C32H36F3N3O8S. The van der Waals surface area contributed by atoms with E-state index >= 15 is 0 Å². The number of para-hydroxylation sites is 1. The van der Waals surface area contributed by atoms with Gasteiger partial charge in [-0.1, -0.05) is 56.3 Å². The number of nitrogens with zero attached hydrogens (tertiary/aromatic N) is 2. The number of rotatable bonds is 13. The average molecular weight is 680 g/mol. The second-order valence-electron chi connectivity index (χ2n) is 11.8. The van der Waals surface area contributed by atoms with Crippen LogP contribution in [0.4, 0.5) is 23.7 Å². The molecule has 2 aliphatic rings. The number of hydrogen-bond acceptors (Lipinski definition) is 9. The van der Waals surface area contributed by atoms with E-state index in [1.165, 1.54) is 30.3 Å². The molecule has 0 bridgehead atoms. The molecule has 3 aromatic rings. The molecule has 1 unspecified atom stereocenters. The van der Waals surface area contributed by atoms with Crippen molar-refractivity contribution in [1.29, 1.82) is 0 Å². The maximum Gasteiger partial charge on any atom is 0.418 e. The minimum atomic E-state index is -4.74. The van der Waals surface area contributed by atoms with Crippen LogP contribution < -0.4 is 19.7 Å². The maximum atomic E-state index is 13.8. The van der Waals surface area contributed by atoms with Gasteiger partial charge in [0.05, 0.1) is 28.8 Å². The number of anilines is 1. The molecule has 0 aliphatic carbocycles. The van der Waals surface area contributed by atoms with Crippen molar-refractivity contribution in [2.75, 3.05) is 31.3 Å². The standard InChI is InChI=1S/C32H36F3N3O8S/c1-20(2)16-37(47(42,43)22-12-13-27-28(15-22)45-19-44-27)17-26(39)24(14-21-8-4-3-5-9-21)36-30(40)29-18-38(31(41)46-29)25-11-7-6-10-23(25)32(33,34)35/h3-13,15,20,24,26,29-30,36,39-40H,14,16-19H2,1-2H3/t24-,26+,29-,30?/m0/s1. The van der Waals surface area contributed by atoms with Crippen molar-refractivity contribution >= 4 is 21.8 Å². The Labute approximate surface area is 270 Å². The molecule has 11 nitrogen and oxygen atoms in total. The highest BCUT2D eigenvalue weighted by molar-refractivity contribution is 7.89. The summed E-state index contributed by atoms with van der Waals surface area (Å²) >= 11 is 0. The molecule has 1 amide bonds. The Balaban J connectivity index is 1.37. The van der Waals surface area contributed by atoms with Crippen LogP contribution in [-0.2, 0) is 27.4 Å². The third-order valence-electron chi connectivity index (χ3n) is 7.78. The highest BCUT2D eigenvalue weighted by Crippen LogP contribution is 2.38. The van der Waals surface area contributed by atoms with Crippen molar-refractivity contribution in [3.05, 3.63) is 83.9 Å². The summed E-state index contributed by atoms with van der Waals surface area (Å²) in [6.07, 6.45) is -10.0. The Bertz CT molecular complexity index is 1660. The van der Waals surface area contributed by atoms with Gasteiger partial charge in [-0.25, -0.2) is 13.2 Å². The molecule has 3 N–H and O–H groups in total. The monoisotopic (exact) mass is 679 g/mol. The zero-order valence-electron chi connectivity index (χ0n) is 25.6. The predicted octanol–water partition coefficient (Wildman–Crippen LogP) is 3.99. The maximum absolute atomic E-state index is 13.8. The van der Waals surface area contributed by atoms with E-state index in [9.17, 15) is 36.6 Å². The highest BCUT2D eigenvalue weighted by atomic mass is 32.2. The molecule has 15 heteroatoms. The largest absolute Gasteiger partial charge is 0.454 e. The van der Waals surface area contributed by atoms with Crippen LogP contribution in [0.2, 0.25) is 0 Å². The van der Waals surface area contributed by atoms with Gasteiger partial charge in [0.1, 0.15) is 6.23 Å². The summed E-state index contributed by atoms with van der Waals surface area (Å²) in [5, 5.41) is 25.6. The van der Waals surface area contributed by atoms with Crippen molar-refractivity contribution in [3.8, 4) is 11.5 Å².